The summed E-state index contributed by atoms with van der Waals surface area (Å²) < 4.78 is 12.9. The topological polar surface area (TPSA) is 129 Å². The molecule has 4 atom stereocenters. The maximum atomic E-state index is 10.5. The Kier molecular flexibility index (Phi) is 4.45. The number of hydrogen-bond donors (Lipinski definition) is 3. The van der Waals surface area contributed by atoms with E-state index in [1.54, 1.807) is 4.57 Å². The van der Waals surface area contributed by atoms with E-state index in [9.17, 15) is 10.2 Å². The lowest BCUT2D eigenvalue weighted by Gasteiger charge is -2.19. The molecule has 0 spiro atoms. The molecule has 1 saturated heterocycles. The third-order valence-corrected chi connectivity index (χ3v) is 3.90. The van der Waals surface area contributed by atoms with Gasteiger partial charge in [-0.15, -0.1) is 11.8 Å². The van der Waals surface area contributed by atoms with Crippen LogP contribution in [0.2, 0.25) is 0 Å². The number of fused-ring (bicyclic) bond motifs is 1. The van der Waals surface area contributed by atoms with Gasteiger partial charge >= 0.3 is 0 Å². The van der Waals surface area contributed by atoms with E-state index in [0.29, 0.717) is 17.1 Å². The molecule has 3 heterocycles. The van der Waals surface area contributed by atoms with Crippen LogP contribution in [0.25, 0.3) is 11.2 Å². The van der Waals surface area contributed by atoms with Gasteiger partial charge in [-0.05, 0) is 6.26 Å². The monoisotopic (exact) mass is 327 g/mol. The maximum Gasteiger partial charge on any atom is 0.167 e. The molecule has 120 valence electrons. The zero-order valence-corrected chi connectivity index (χ0v) is 12.7. The number of anilines is 1. The van der Waals surface area contributed by atoms with Crippen molar-refractivity contribution in [1.82, 2.24) is 19.5 Å². The van der Waals surface area contributed by atoms with Crippen molar-refractivity contribution in [2.75, 3.05) is 24.5 Å². The predicted molar refractivity (Wildman–Crippen MR) is 80.0 cm³/mol. The highest BCUT2D eigenvalue weighted by Gasteiger charge is 2.45. The summed E-state index contributed by atoms with van der Waals surface area (Å²) in [6.07, 6.45) is 1.72. The van der Waals surface area contributed by atoms with E-state index in [-0.39, 0.29) is 12.4 Å². The summed E-state index contributed by atoms with van der Waals surface area (Å²) in [6.45, 7) is -0.254. The number of nitrogens with zero attached hydrogens (tertiary/aromatic N) is 4. The van der Waals surface area contributed by atoms with Gasteiger partial charge in [0.25, 0.3) is 0 Å². The maximum absolute atomic E-state index is 10.5. The van der Waals surface area contributed by atoms with E-state index in [0.717, 1.165) is 0 Å². The number of hydrogen-bond acceptors (Lipinski definition) is 9. The van der Waals surface area contributed by atoms with Crippen LogP contribution >= 0.6 is 11.8 Å². The SMILES string of the molecule is CSCOC1C(O)[C@H](n2cnc3c(N)ncnc32)O[C@@H]1CO. The molecular weight excluding hydrogens is 310 g/mol. The Morgan fingerprint density at radius 3 is 3.00 bits per heavy atom. The summed E-state index contributed by atoms with van der Waals surface area (Å²) in [5, 5.41) is 19.9. The van der Waals surface area contributed by atoms with Crippen molar-refractivity contribution in [1.29, 1.82) is 0 Å². The Morgan fingerprint density at radius 2 is 2.27 bits per heavy atom. The van der Waals surface area contributed by atoms with Gasteiger partial charge in [-0.3, -0.25) is 4.57 Å². The molecule has 9 nitrogen and oxygen atoms in total. The largest absolute Gasteiger partial charge is 0.394 e. The molecule has 0 saturated carbocycles. The van der Waals surface area contributed by atoms with Crippen LogP contribution in [0.15, 0.2) is 12.7 Å². The van der Waals surface area contributed by atoms with Crippen molar-refractivity contribution < 1.29 is 19.7 Å². The molecule has 0 amide bonds. The first-order chi connectivity index (χ1) is 10.7. The van der Waals surface area contributed by atoms with Gasteiger partial charge in [0.2, 0.25) is 0 Å². The Labute approximate surface area is 130 Å². The molecule has 2 unspecified atom stereocenters. The van der Waals surface area contributed by atoms with Gasteiger partial charge in [0.15, 0.2) is 17.7 Å². The fourth-order valence-electron chi connectivity index (χ4n) is 2.51. The van der Waals surface area contributed by atoms with Crippen LogP contribution in [-0.4, -0.2) is 66.8 Å². The van der Waals surface area contributed by atoms with Crippen molar-refractivity contribution in [3.8, 4) is 0 Å². The lowest BCUT2D eigenvalue weighted by molar-refractivity contribution is -0.0546. The van der Waals surface area contributed by atoms with Gasteiger partial charge in [0.05, 0.1) is 18.9 Å². The summed E-state index contributed by atoms with van der Waals surface area (Å²) in [5.74, 6) is 0.652. The van der Waals surface area contributed by atoms with Crippen LogP contribution in [0.3, 0.4) is 0 Å². The number of aliphatic hydroxyl groups is 2. The van der Waals surface area contributed by atoms with E-state index in [1.807, 2.05) is 6.26 Å². The summed E-state index contributed by atoms with van der Waals surface area (Å²) in [7, 11) is 0. The predicted octanol–water partition coefficient (Wildman–Crippen LogP) is -0.635. The van der Waals surface area contributed by atoms with Crippen molar-refractivity contribution in [3.63, 3.8) is 0 Å². The van der Waals surface area contributed by atoms with Gasteiger partial charge in [-0.1, -0.05) is 0 Å². The number of nitrogens with two attached hydrogens (primary N) is 1. The minimum atomic E-state index is -0.960. The van der Waals surface area contributed by atoms with Crippen molar-refractivity contribution in [2.45, 2.75) is 24.5 Å². The number of aromatic nitrogens is 4. The Bertz CT molecular complexity index is 653. The van der Waals surface area contributed by atoms with Crippen LogP contribution in [0, 0.1) is 0 Å². The summed E-state index contributed by atoms with van der Waals surface area (Å²) in [4.78, 5) is 12.2. The average molecular weight is 327 g/mol. The summed E-state index contributed by atoms with van der Waals surface area (Å²) in [6, 6.07) is 0. The zero-order chi connectivity index (χ0) is 15.7. The first-order valence-electron chi connectivity index (χ1n) is 6.65. The van der Waals surface area contributed by atoms with Gasteiger partial charge in [0.1, 0.15) is 30.2 Å². The Morgan fingerprint density at radius 1 is 1.45 bits per heavy atom. The lowest BCUT2D eigenvalue weighted by atomic mass is 10.1. The fourth-order valence-corrected chi connectivity index (χ4v) is 2.80. The third kappa shape index (κ3) is 2.52. The number of rotatable bonds is 5. The third-order valence-electron chi connectivity index (χ3n) is 3.53. The minimum Gasteiger partial charge on any atom is -0.394 e. The number of aliphatic hydroxyl groups excluding tert-OH is 2. The standard InChI is InChI=1S/C12H17N5O4S/c1-22-5-20-9-6(2-18)21-12(8(9)19)17-4-16-7-10(13)14-3-15-11(7)17/h3-4,6,8-9,12,18-19H,2,5H2,1H3,(H2,13,14,15)/t6-,8?,9?,12-/m1/s1. The van der Waals surface area contributed by atoms with E-state index < -0.39 is 24.5 Å². The van der Waals surface area contributed by atoms with Gasteiger partial charge in [-0.25, -0.2) is 15.0 Å². The number of imidazole rings is 1. The number of ether oxygens (including phenoxy) is 2. The Hall–Kier alpha value is -1.46. The molecule has 2 aromatic heterocycles. The second-order valence-corrected chi connectivity index (χ2v) is 5.67. The van der Waals surface area contributed by atoms with E-state index in [4.69, 9.17) is 15.2 Å². The van der Waals surface area contributed by atoms with Crippen molar-refractivity contribution in [3.05, 3.63) is 12.7 Å². The number of thioether (sulfide) groups is 1. The van der Waals surface area contributed by atoms with E-state index in [2.05, 4.69) is 15.0 Å². The summed E-state index contributed by atoms with van der Waals surface area (Å²) >= 11 is 1.48. The zero-order valence-electron chi connectivity index (χ0n) is 11.9. The molecule has 0 radical (unpaired) electrons. The van der Waals surface area contributed by atoms with Gasteiger partial charge < -0.3 is 25.4 Å². The quantitative estimate of drug-likeness (QED) is 0.614. The molecule has 10 heteroatoms. The average Bonchev–Trinajstić information content (AvgIpc) is 3.07. The van der Waals surface area contributed by atoms with E-state index in [1.165, 1.54) is 24.4 Å². The van der Waals surface area contributed by atoms with Crippen LogP contribution in [0.1, 0.15) is 6.23 Å². The minimum absolute atomic E-state index is 0.254. The second kappa shape index (κ2) is 6.34. The van der Waals surface area contributed by atoms with Crippen molar-refractivity contribution >= 4 is 28.7 Å². The first-order valence-corrected chi connectivity index (χ1v) is 8.04. The molecule has 22 heavy (non-hydrogen) atoms. The molecule has 1 fully saturated rings. The molecular formula is C12H17N5O4S. The van der Waals surface area contributed by atoms with Gasteiger partial charge in [0, 0.05) is 0 Å². The first kappa shape index (κ1) is 15.4. The molecule has 0 aliphatic carbocycles. The lowest BCUT2D eigenvalue weighted by Crippen LogP contribution is -2.36. The van der Waals surface area contributed by atoms with Crippen LogP contribution in [0.4, 0.5) is 5.82 Å². The van der Waals surface area contributed by atoms with Crippen LogP contribution < -0.4 is 5.73 Å². The number of nitrogen functional groups attached to an aromatic ring is 1. The smallest absolute Gasteiger partial charge is 0.167 e. The molecule has 2 aromatic rings. The molecule has 4 N–H and O–H groups in total. The highest BCUT2D eigenvalue weighted by Crippen LogP contribution is 2.33. The molecule has 1 aliphatic heterocycles. The van der Waals surface area contributed by atoms with E-state index >= 15 is 0 Å². The Balaban J connectivity index is 1.92. The van der Waals surface area contributed by atoms with Crippen LogP contribution in [0.5, 0.6) is 0 Å². The van der Waals surface area contributed by atoms with Gasteiger partial charge in [-0.2, -0.15) is 0 Å². The van der Waals surface area contributed by atoms with Crippen molar-refractivity contribution in [2.24, 2.45) is 0 Å². The highest BCUT2D eigenvalue weighted by atomic mass is 32.2. The highest BCUT2D eigenvalue weighted by molar-refractivity contribution is 7.98. The normalized spacial score (nSPS) is 28.5. The van der Waals surface area contributed by atoms with Crippen LogP contribution in [-0.2, 0) is 9.47 Å². The second-order valence-electron chi connectivity index (χ2n) is 4.86. The summed E-state index contributed by atoms with van der Waals surface area (Å²) in [5.41, 5.74) is 6.65. The molecule has 1 aliphatic rings. The fraction of sp³-hybridized carbons (Fsp3) is 0.583. The molecule has 0 bridgehead atoms. The molecule has 3 rings (SSSR count). The molecule has 0 aromatic carbocycles.